The molecule has 2 aromatic rings. The Kier molecular flexibility index (Phi) is 6.27. The summed E-state index contributed by atoms with van der Waals surface area (Å²) in [7, 11) is 1.43. The molecule has 0 atom stereocenters. The van der Waals surface area contributed by atoms with Crippen LogP contribution in [0.2, 0.25) is 0 Å². The van der Waals surface area contributed by atoms with Crippen LogP contribution in [0.3, 0.4) is 0 Å². The average molecular weight is 389 g/mol. The summed E-state index contributed by atoms with van der Waals surface area (Å²) >= 11 is 7.14. The number of anilines is 2. The third kappa shape index (κ3) is 4.07. The molecule has 2 N–H and O–H groups in total. The van der Waals surface area contributed by atoms with Crippen molar-refractivity contribution in [2.24, 2.45) is 0 Å². The van der Waals surface area contributed by atoms with Crippen LogP contribution in [0.5, 0.6) is 0 Å². The number of thiocarbonyl (C=S) groups is 1. The SMILES string of the molecule is CCc1ccccc1NC(=S)Nc1sc2c(c1C(=O)OC)CCCCC2. The predicted octanol–water partition coefficient (Wildman–Crippen LogP) is 5.17. The number of hydrogen-bond donors (Lipinski definition) is 2. The van der Waals surface area contributed by atoms with Crippen molar-refractivity contribution >= 4 is 45.3 Å². The molecule has 0 saturated carbocycles. The summed E-state index contributed by atoms with van der Waals surface area (Å²) < 4.78 is 5.04. The van der Waals surface area contributed by atoms with Crippen LogP contribution in [-0.2, 0) is 24.0 Å². The second-order valence-corrected chi connectivity index (χ2v) is 7.86. The van der Waals surface area contributed by atoms with E-state index in [1.165, 1.54) is 30.4 Å². The van der Waals surface area contributed by atoms with Gasteiger partial charge < -0.3 is 15.4 Å². The van der Waals surface area contributed by atoms with Gasteiger partial charge in [0.2, 0.25) is 0 Å². The van der Waals surface area contributed by atoms with Crippen LogP contribution in [0.4, 0.5) is 10.7 Å². The number of carbonyl (C=O) groups is 1. The fraction of sp³-hybridized carbons (Fsp3) is 0.400. The minimum atomic E-state index is -0.288. The van der Waals surface area contributed by atoms with E-state index in [9.17, 15) is 4.79 Å². The van der Waals surface area contributed by atoms with E-state index in [1.807, 2.05) is 18.2 Å². The molecule has 26 heavy (non-hydrogen) atoms. The van der Waals surface area contributed by atoms with E-state index in [4.69, 9.17) is 17.0 Å². The Morgan fingerprint density at radius 2 is 1.96 bits per heavy atom. The highest BCUT2D eigenvalue weighted by atomic mass is 32.1. The highest BCUT2D eigenvalue weighted by Crippen LogP contribution is 2.38. The molecule has 1 aromatic carbocycles. The predicted molar refractivity (Wildman–Crippen MR) is 113 cm³/mol. The maximum atomic E-state index is 12.4. The molecule has 1 aromatic heterocycles. The van der Waals surface area contributed by atoms with Crippen molar-refractivity contribution in [1.29, 1.82) is 0 Å². The molecular weight excluding hydrogens is 364 g/mol. The summed E-state index contributed by atoms with van der Waals surface area (Å²) in [5, 5.41) is 7.78. The van der Waals surface area contributed by atoms with Crippen molar-refractivity contribution < 1.29 is 9.53 Å². The number of nitrogens with one attached hydrogen (secondary N) is 2. The lowest BCUT2D eigenvalue weighted by Crippen LogP contribution is -2.21. The number of thiophene rings is 1. The number of rotatable bonds is 4. The molecular formula is C20H24N2O2S2. The molecule has 0 amide bonds. The Morgan fingerprint density at radius 3 is 2.73 bits per heavy atom. The lowest BCUT2D eigenvalue weighted by atomic mass is 10.1. The van der Waals surface area contributed by atoms with Crippen LogP contribution in [-0.4, -0.2) is 18.2 Å². The van der Waals surface area contributed by atoms with Crippen LogP contribution in [0, 0.1) is 0 Å². The number of fused-ring (bicyclic) bond motifs is 1. The maximum Gasteiger partial charge on any atom is 0.341 e. The lowest BCUT2D eigenvalue weighted by molar-refractivity contribution is 0.0601. The number of methoxy groups -OCH3 is 1. The fourth-order valence-electron chi connectivity index (χ4n) is 3.36. The first-order valence-corrected chi connectivity index (χ1v) is 10.2. The van der Waals surface area contributed by atoms with Gasteiger partial charge in [-0.05, 0) is 61.5 Å². The molecule has 0 radical (unpaired) electrons. The molecule has 0 aliphatic heterocycles. The summed E-state index contributed by atoms with van der Waals surface area (Å²) in [5.41, 5.74) is 3.98. The van der Waals surface area contributed by atoms with E-state index in [0.717, 1.165) is 41.9 Å². The Bertz CT molecular complexity index is 814. The summed E-state index contributed by atoms with van der Waals surface area (Å²) in [6.45, 7) is 2.11. The van der Waals surface area contributed by atoms with E-state index in [0.29, 0.717) is 10.7 Å². The third-order valence-corrected chi connectivity index (χ3v) is 6.10. The van der Waals surface area contributed by atoms with Gasteiger partial charge in [-0.15, -0.1) is 11.3 Å². The van der Waals surface area contributed by atoms with Gasteiger partial charge in [-0.1, -0.05) is 31.5 Å². The fourth-order valence-corrected chi connectivity index (χ4v) is 4.91. The van der Waals surface area contributed by atoms with Crippen molar-refractivity contribution in [3.8, 4) is 0 Å². The highest BCUT2D eigenvalue weighted by Gasteiger charge is 2.25. The largest absolute Gasteiger partial charge is 0.465 e. The van der Waals surface area contributed by atoms with E-state index in [1.54, 1.807) is 11.3 Å². The van der Waals surface area contributed by atoms with Gasteiger partial charge in [0.15, 0.2) is 5.11 Å². The molecule has 1 aliphatic carbocycles. The normalized spacial score (nSPS) is 13.5. The smallest absolute Gasteiger partial charge is 0.341 e. The zero-order valence-electron chi connectivity index (χ0n) is 15.2. The first-order valence-electron chi connectivity index (χ1n) is 9.02. The molecule has 1 aliphatic rings. The molecule has 0 fully saturated rings. The van der Waals surface area contributed by atoms with E-state index < -0.39 is 0 Å². The highest BCUT2D eigenvalue weighted by molar-refractivity contribution is 7.80. The van der Waals surface area contributed by atoms with Crippen LogP contribution in [0.15, 0.2) is 24.3 Å². The molecule has 0 spiro atoms. The molecule has 1 heterocycles. The monoisotopic (exact) mass is 388 g/mol. The van der Waals surface area contributed by atoms with Gasteiger partial charge in [0.05, 0.1) is 12.7 Å². The van der Waals surface area contributed by atoms with Crippen molar-refractivity contribution in [1.82, 2.24) is 0 Å². The summed E-state index contributed by atoms with van der Waals surface area (Å²) in [6.07, 6.45) is 6.35. The topological polar surface area (TPSA) is 50.4 Å². The van der Waals surface area contributed by atoms with Gasteiger partial charge in [0.25, 0.3) is 0 Å². The second kappa shape index (κ2) is 8.64. The van der Waals surface area contributed by atoms with Gasteiger partial charge >= 0.3 is 5.97 Å². The third-order valence-electron chi connectivity index (χ3n) is 4.68. The van der Waals surface area contributed by atoms with E-state index in [-0.39, 0.29) is 5.97 Å². The summed E-state index contributed by atoms with van der Waals surface area (Å²) in [6, 6.07) is 8.10. The zero-order chi connectivity index (χ0) is 18.5. The van der Waals surface area contributed by atoms with Crippen LogP contribution in [0.25, 0.3) is 0 Å². The molecule has 4 nitrogen and oxygen atoms in total. The number of hydrogen-bond acceptors (Lipinski definition) is 4. The van der Waals surface area contributed by atoms with Crippen molar-refractivity contribution in [2.75, 3.05) is 17.7 Å². The first kappa shape index (κ1) is 18.9. The molecule has 0 unspecified atom stereocenters. The Labute approximate surface area is 164 Å². The van der Waals surface area contributed by atoms with Crippen LogP contribution in [0.1, 0.15) is 52.5 Å². The number of aryl methyl sites for hydroxylation is 2. The van der Waals surface area contributed by atoms with Gasteiger partial charge in [-0.3, -0.25) is 0 Å². The number of benzene rings is 1. The number of carbonyl (C=O) groups excluding carboxylic acids is 1. The Balaban J connectivity index is 1.84. The molecule has 3 rings (SSSR count). The quantitative estimate of drug-likeness (QED) is 0.430. The molecule has 0 saturated heterocycles. The van der Waals surface area contributed by atoms with Crippen molar-refractivity contribution in [2.45, 2.75) is 45.4 Å². The van der Waals surface area contributed by atoms with E-state index in [2.05, 4.69) is 23.6 Å². The lowest BCUT2D eigenvalue weighted by Gasteiger charge is -2.13. The second-order valence-electron chi connectivity index (χ2n) is 6.35. The Morgan fingerprint density at radius 1 is 1.19 bits per heavy atom. The minimum Gasteiger partial charge on any atom is -0.465 e. The zero-order valence-corrected chi connectivity index (χ0v) is 16.8. The van der Waals surface area contributed by atoms with Gasteiger partial charge in [-0.2, -0.15) is 0 Å². The minimum absolute atomic E-state index is 0.288. The summed E-state index contributed by atoms with van der Waals surface area (Å²) in [5.74, 6) is -0.288. The molecule has 6 heteroatoms. The van der Waals surface area contributed by atoms with Crippen molar-refractivity contribution in [3.63, 3.8) is 0 Å². The molecule has 138 valence electrons. The van der Waals surface area contributed by atoms with Crippen LogP contribution < -0.4 is 10.6 Å². The van der Waals surface area contributed by atoms with Gasteiger partial charge in [-0.25, -0.2) is 4.79 Å². The maximum absolute atomic E-state index is 12.4. The van der Waals surface area contributed by atoms with Gasteiger partial charge in [0.1, 0.15) is 5.00 Å². The van der Waals surface area contributed by atoms with Gasteiger partial charge in [0, 0.05) is 10.6 Å². The Hall–Kier alpha value is -1.92. The summed E-state index contributed by atoms with van der Waals surface area (Å²) in [4.78, 5) is 13.7. The standard InChI is InChI=1S/C20H24N2O2S2/c1-3-13-9-7-8-11-15(13)21-20(25)22-18-17(19(23)24-2)14-10-5-4-6-12-16(14)26-18/h7-9,11H,3-6,10,12H2,1-2H3,(H2,21,22,25). The van der Waals surface area contributed by atoms with E-state index >= 15 is 0 Å². The number of esters is 1. The first-order chi connectivity index (χ1) is 12.6. The van der Waals surface area contributed by atoms with Crippen molar-refractivity contribution in [3.05, 3.63) is 45.8 Å². The molecule has 0 bridgehead atoms. The number of para-hydroxylation sites is 1. The average Bonchev–Trinajstić information content (AvgIpc) is 2.82. The van der Waals surface area contributed by atoms with Crippen LogP contribution >= 0.6 is 23.6 Å². The number of ether oxygens (including phenoxy) is 1.